The molecule has 0 saturated carbocycles. The van der Waals surface area contributed by atoms with Crippen LogP contribution in [0.5, 0.6) is 0 Å². The third-order valence-corrected chi connectivity index (χ3v) is 3.21. The van der Waals surface area contributed by atoms with E-state index >= 15 is 0 Å². The minimum absolute atomic E-state index is 0.152. The number of hydrogen-bond acceptors (Lipinski definition) is 3. The van der Waals surface area contributed by atoms with E-state index in [1.807, 2.05) is 0 Å². The van der Waals surface area contributed by atoms with Gasteiger partial charge in [0.1, 0.15) is 0 Å². The summed E-state index contributed by atoms with van der Waals surface area (Å²) in [6.45, 7) is 0.170. The molecule has 0 aromatic heterocycles. The van der Waals surface area contributed by atoms with E-state index < -0.39 is 0 Å². The normalized spacial score (nSPS) is 16.4. The van der Waals surface area contributed by atoms with Crippen LogP contribution in [-0.4, -0.2) is 16.7 Å². The van der Waals surface area contributed by atoms with Crippen molar-refractivity contribution in [3.63, 3.8) is 0 Å². The first-order valence-corrected chi connectivity index (χ1v) is 5.83. The first-order valence-electron chi connectivity index (χ1n) is 5.45. The number of carbonyl (C=O) groups excluding carboxylic acids is 2. The summed E-state index contributed by atoms with van der Waals surface area (Å²) in [6.07, 6.45) is 1.46. The number of carbonyl (C=O) groups is 2. The summed E-state index contributed by atoms with van der Waals surface area (Å²) < 4.78 is 0. The third kappa shape index (κ3) is 2.42. The summed E-state index contributed by atoms with van der Waals surface area (Å²) >= 11 is 6.01. The minimum Gasteiger partial charge on any atom is -0.398 e. The fourth-order valence-electron chi connectivity index (χ4n) is 1.88. The Bertz CT molecular complexity index is 437. The second-order valence-corrected chi connectivity index (χ2v) is 4.44. The number of anilines is 1. The maximum Gasteiger partial charge on any atom is 0.229 e. The van der Waals surface area contributed by atoms with E-state index in [4.69, 9.17) is 17.3 Å². The number of rotatable bonds is 2. The molecule has 2 N–H and O–H groups in total. The van der Waals surface area contributed by atoms with Gasteiger partial charge in [-0.25, -0.2) is 0 Å². The van der Waals surface area contributed by atoms with Crippen LogP contribution in [0.4, 0.5) is 5.69 Å². The van der Waals surface area contributed by atoms with Crippen molar-refractivity contribution in [2.24, 2.45) is 0 Å². The van der Waals surface area contributed by atoms with Crippen LogP contribution in [0.2, 0.25) is 5.02 Å². The Morgan fingerprint density at radius 2 is 1.88 bits per heavy atom. The van der Waals surface area contributed by atoms with Crippen molar-refractivity contribution in [2.45, 2.75) is 25.8 Å². The van der Waals surface area contributed by atoms with Crippen LogP contribution in [0.25, 0.3) is 0 Å². The van der Waals surface area contributed by atoms with Gasteiger partial charge in [-0.15, -0.1) is 0 Å². The first kappa shape index (κ1) is 11.9. The lowest BCUT2D eigenvalue weighted by molar-refractivity contribution is -0.148. The van der Waals surface area contributed by atoms with Crippen LogP contribution < -0.4 is 5.73 Å². The molecule has 1 aromatic rings. The summed E-state index contributed by atoms with van der Waals surface area (Å²) in [5.74, 6) is -0.305. The molecular weight excluding hydrogens is 240 g/mol. The Hall–Kier alpha value is -1.55. The van der Waals surface area contributed by atoms with Gasteiger partial charge in [0.2, 0.25) is 11.8 Å². The number of amides is 2. The summed E-state index contributed by atoms with van der Waals surface area (Å²) in [5, 5.41) is 0.483. The lowest BCUT2D eigenvalue weighted by Gasteiger charge is -2.25. The van der Waals surface area contributed by atoms with Gasteiger partial charge in [-0.3, -0.25) is 14.5 Å². The Balaban J connectivity index is 2.25. The van der Waals surface area contributed by atoms with E-state index in [9.17, 15) is 9.59 Å². The predicted molar refractivity (Wildman–Crippen MR) is 65.3 cm³/mol. The molecule has 2 rings (SSSR count). The van der Waals surface area contributed by atoms with Gasteiger partial charge in [0.05, 0.1) is 6.54 Å². The molecule has 0 spiro atoms. The van der Waals surface area contributed by atoms with Gasteiger partial charge in [0.25, 0.3) is 0 Å². The summed E-state index contributed by atoms with van der Waals surface area (Å²) in [5.41, 5.74) is 6.94. The van der Waals surface area contributed by atoms with Gasteiger partial charge in [-0.05, 0) is 18.6 Å². The van der Waals surface area contributed by atoms with Crippen LogP contribution >= 0.6 is 11.6 Å². The highest BCUT2D eigenvalue weighted by molar-refractivity contribution is 6.31. The number of nitrogens with two attached hydrogens (primary N) is 1. The Morgan fingerprint density at radius 1 is 1.24 bits per heavy atom. The fourth-order valence-corrected chi connectivity index (χ4v) is 2.12. The first-order chi connectivity index (χ1) is 8.09. The lowest BCUT2D eigenvalue weighted by Crippen LogP contribution is -2.39. The molecule has 1 aliphatic heterocycles. The molecule has 4 nitrogen and oxygen atoms in total. The van der Waals surface area contributed by atoms with Crippen molar-refractivity contribution in [2.75, 3.05) is 5.73 Å². The highest BCUT2D eigenvalue weighted by Crippen LogP contribution is 2.25. The molecule has 0 atom stereocenters. The average molecular weight is 253 g/mol. The van der Waals surface area contributed by atoms with Gasteiger partial charge >= 0.3 is 0 Å². The van der Waals surface area contributed by atoms with Crippen molar-refractivity contribution in [3.05, 3.63) is 28.8 Å². The molecule has 1 saturated heterocycles. The number of benzene rings is 1. The van der Waals surface area contributed by atoms with Crippen molar-refractivity contribution >= 4 is 29.1 Å². The number of imide groups is 1. The highest BCUT2D eigenvalue weighted by atomic mass is 35.5. The fraction of sp³-hybridized carbons (Fsp3) is 0.333. The molecule has 17 heavy (non-hydrogen) atoms. The monoisotopic (exact) mass is 252 g/mol. The Morgan fingerprint density at radius 3 is 2.47 bits per heavy atom. The second kappa shape index (κ2) is 4.75. The van der Waals surface area contributed by atoms with Crippen LogP contribution in [0.15, 0.2) is 18.2 Å². The van der Waals surface area contributed by atoms with E-state index in [2.05, 4.69) is 0 Å². The molecule has 0 radical (unpaired) electrons. The molecule has 1 fully saturated rings. The second-order valence-electron chi connectivity index (χ2n) is 4.03. The number of nitrogen functional groups attached to an aromatic ring is 1. The maximum absolute atomic E-state index is 11.7. The van der Waals surface area contributed by atoms with E-state index in [1.54, 1.807) is 18.2 Å². The third-order valence-electron chi connectivity index (χ3n) is 2.85. The van der Waals surface area contributed by atoms with Crippen LogP contribution in [0.1, 0.15) is 24.8 Å². The van der Waals surface area contributed by atoms with Gasteiger partial charge in [0.15, 0.2) is 0 Å². The van der Waals surface area contributed by atoms with Crippen molar-refractivity contribution < 1.29 is 9.59 Å². The standard InChI is InChI=1S/C12H13ClN2O2/c13-9-3-1-4-10(14)8(9)7-15-11(16)5-2-6-12(15)17/h1,3-4H,2,5-7,14H2. The minimum atomic E-state index is -0.152. The van der Waals surface area contributed by atoms with E-state index in [-0.39, 0.29) is 18.4 Å². The number of likely N-dealkylation sites (tertiary alicyclic amines) is 1. The molecule has 1 heterocycles. The van der Waals surface area contributed by atoms with Gasteiger partial charge in [-0.1, -0.05) is 17.7 Å². The zero-order valence-electron chi connectivity index (χ0n) is 9.28. The molecule has 1 aromatic carbocycles. The van der Waals surface area contributed by atoms with Crippen LogP contribution in [0.3, 0.4) is 0 Å². The highest BCUT2D eigenvalue weighted by Gasteiger charge is 2.26. The van der Waals surface area contributed by atoms with E-state index in [0.717, 1.165) is 0 Å². The van der Waals surface area contributed by atoms with Crippen molar-refractivity contribution in [3.8, 4) is 0 Å². The Kier molecular flexibility index (Phi) is 3.33. The quantitative estimate of drug-likeness (QED) is 0.646. The zero-order valence-corrected chi connectivity index (χ0v) is 10.0. The van der Waals surface area contributed by atoms with E-state index in [1.165, 1.54) is 4.90 Å². The van der Waals surface area contributed by atoms with Crippen LogP contribution in [-0.2, 0) is 16.1 Å². The van der Waals surface area contributed by atoms with Crippen LogP contribution in [0, 0.1) is 0 Å². The summed E-state index contributed by atoms with van der Waals surface area (Å²) in [7, 11) is 0. The SMILES string of the molecule is Nc1cccc(Cl)c1CN1C(=O)CCCC1=O. The van der Waals surface area contributed by atoms with Gasteiger partial charge in [-0.2, -0.15) is 0 Å². The maximum atomic E-state index is 11.7. The number of nitrogens with zero attached hydrogens (tertiary/aromatic N) is 1. The summed E-state index contributed by atoms with van der Waals surface area (Å²) in [6, 6.07) is 5.15. The smallest absolute Gasteiger partial charge is 0.229 e. The molecule has 0 unspecified atom stereocenters. The number of hydrogen-bond donors (Lipinski definition) is 1. The lowest BCUT2D eigenvalue weighted by atomic mass is 10.1. The van der Waals surface area contributed by atoms with Crippen molar-refractivity contribution in [1.82, 2.24) is 4.90 Å². The summed E-state index contributed by atoms with van der Waals surface area (Å²) in [4.78, 5) is 24.5. The molecule has 5 heteroatoms. The molecule has 90 valence electrons. The van der Waals surface area contributed by atoms with Crippen molar-refractivity contribution in [1.29, 1.82) is 0 Å². The molecule has 1 aliphatic rings. The largest absolute Gasteiger partial charge is 0.398 e. The van der Waals surface area contributed by atoms with E-state index in [0.29, 0.717) is 35.5 Å². The molecular formula is C12H13ClN2O2. The predicted octanol–water partition coefficient (Wildman–Crippen LogP) is 1.96. The average Bonchev–Trinajstić information content (AvgIpc) is 2.27. The van der Waals surface area contributed by atoms with Gasteiger partial charge < -0.3 is 5.73 Å². The van der Waals surface area contributed by atoms with Gasteiger partial charge in [0, 0.05) is 29.1 Å². The topological polar surface area (TPSA) is 63.4 Å². The molecule has 2 amide bonds. The number of halogens is 1. The number of piperidine rings is 1. The molecule has 0 bridgehead atoms. The zero-order chi connectivity index (χ0) is 12.4. The molecule has 0 aliphatic carbocycles. The Labute approximate surface area is 104 Å².